The van der Waals surface area contributed by atoms with Crippen LogP contribution in [0, 0.1) is 0 Å². The van der Waals surface area contributed by atoms with Crippen molar-refractivity contribution in [3.05, 3.63) is 268 Å². The zero-order valence-electron chi connectivity index (χ0n) is 34.8. The molecule has 0 heterocycles. The van der Waals surface area contributed by atoms with Crippen molar-refractivity contribution in [3.63, 3.8) is 0 Å². The van der Waals surface area contributed by atoms with Gasteiger partial charge in [0.05, 0.1) is 10.8 Å². The Labute approximate surface area is 363 Å². The lowest BCUT2D eigenvalue weighted by atomic mass is 9.69. The minimum atomic E-state index is -0.327. The van der Waals surface area contributed by atoms with Crippen LogP contribution in [-0.4, -0.2) is 0 Å². The van der Waals surface area contributed by atoms with Gasteiger partial charge in [0.25, 0.3) is 0 Å². The maximum Gasteiger partial charge on any atom is 0.0725 e. The minimum Gasteiger partial charge on any atom is -0.0873 e. The van der Waals surface area contributed by atoms with E-state index in [0.29, 0.717) is 0 Å². The van der Waals surface area contributed by atoms with E-state index in [2.05, 4.69) is 232 Å². The summed E-state index contributed by atoms with van der Waals surface area (Å²) in [6.45, 7) is 4.44. The van der Waals surface area contributed by atoms with Crippen molar-refractivity contribution in [2.24, 2.45) is 0 Å². The van der Waals surface area contributed by atoms with Gasteiger partial charge in [-0.05, 0) is 161 Å². The monoisotopic (exact) mass is 786 g/mol. The van der Waals surface area contributed by atoms with Crippen molar-refractivity contribution in [3.8, 4) is 66.8 Å². The van der Waals surface area contributed by atoms with Crippen LogP contribution in [0.2, 0.25) is 0 Å². The summed E-state index contributed by atoms with van der Waals surface area (Å²) in [7, 11) is 0. The lowest BCUT2D eigenvalue weighted by molar-refractivity contribution is 0.785. The molecule has 1 atom stereocenters. The zero-order chi connectivity index (χ0) is 41.2. The third-order valence-corrected chi connectivity index (χ3v) is 14.6. The van der Waals surface area contributed by atoms with Crippen molar-refractivity contribution in [1.29, 1.82) is 0 Å². The second-order valence-corrected chi connectivity index (χ2v) is 17.4. The van der Waals surface area contributed by atoms with E-state index in [-0.39, 0.29) is 10.8 Å². The number of fused-ring (bicyclic) bond motifs is 17. The summed E-state index contributed by atoms with van der Waals surface area (Å²) in [6.07, 6.45) is 4.55. The molecule has 0 N–H and O–H groups in total. The van der Waals surface area contributed by atoms with Gasteiger partial charge in [-0.1, -0.05) is 194 Å². The molecule has 0 saturated heterocycles. The van der Waals surface area contributed by atoms with E-state index >= 15 is 0 Å². The molecule has 0 amide bonds. The van der Waals surface area contributed by atoms with Gasteiger partial charge in [0, 0.05) is 0 Å². The predicted molar refractivity (Wildman–Crippen MR) is 258 cm³/mol. The highest BCUT2D eigenvalue weighted by Gasteiger charge is 2.52. The molecule has 1 unspecified atom stereocenters. The smallest absolute Gasteiger partial charge is 0.0725 e. The molecule has 4 aliphatic rings. The van der Waals surface area contributed by atoms with Crippen LogP contribution in [0.5, 0.6) is 0 Å². The van der Waals surface area contributed by atoms with Crippen LogP contribution in [0.1, 0.15) is 58.4 Å². The summed E-state index contributed by atoms with van der Waals surface area (Å²) in [4.78, 5) is 0. The molecule has 0 saturated carbocycles. The molecule has 0 fully saturated rings. The third kappa shape index (κ3) is 4.46. The number of hydrogen-bond donors (Lipinski definition) is 0. The fourth-order valence-corrected chi connectivity index (χ4v) is 12.2. The van der Waals surface area contributed by atoms with E-state index < -0.39 is 0 Å². The lowest BCUT2D eigenvalue weighted by Crippen LogP contribution is -2.26. The molecule has 2 spiro atoms. The molecule has 0 heteroatoms. The first-order valence-corrected chi connectivity index (χ1v) is 22.0. The summed E-state index contributed by atoms with van der Waals surface area (Å²) in [6, 6.07) is 77.8. The molecule has 0 radical (unpaired) electrons. The lowest BCUT2D eigenvalue weighted by Gasteiger charge is -2.31. The Kier molecular flexibility index (Phi) is 7.38. The summed E-state index contributed by atoms with van der Waals surface area (Å²) in [5, 5.41) is 0. The predicted octanol–water partition coefficient (Wildman–Crippen LogP) is 15.7. The molecule has 0 aliphatic heterocycles. The fraction of sp³-hybridized carbons (Fsp3) is 0.0645. The third-order valence-electron chi connectivity index (χ3n) is 14.6. The van der Waals surface area contributed by atoms with Crippen LogP contribution in [0.15, 0.2) is 224 Å². The second-order valence-electron chi connectivity index (χ2n) is 17.4. The van der Waals surface area contributed by atoms with Gasteiger partial charge in [0.1, 0.15) is 0 Å². The van der Waals surface area contributed by atoms with Crippen LogP contribution >= 0.6 is 0 Å². The standard InChI is InChI=1S/C62H42/c1-3-16-53-39(2)46-21-4-9-26-54(46)61(53)57-29-12-7-24-49(57)51-37-44(31-33-59(51)61)42-19-14-17-40(35-42)41-18-15-20-43(36-41)45-32-34-60-52(38-45)50-25-8-13-30-58(50)62(60)55-27-10-5-22-47(55)48-23-6-11-28-56(48)62/h3-38H,1-2H3. The molecular formula is C62H42. The van der Waals surface area contributed by atoms with E-state index in [0.717, 1.165) is 0 Å². The van der Waals surface area contributed by atoms with E-state index in [1.54, 1.807) is 0 Å². The Morgan fingerprint density at radius 2 is 0.613 bits per heavy atom. The topological polar surface area (TPSA) is 0 Å². The molecule has 0 aromatic heterocycles. The molecule has 0 nitrogen and oxygen atoms in total. The van der Waals surface area contributed by atoms with Crippen LogP contribution < -0.4 is 0 Å². The van der Waals surface area contributed by atoms with Crippen molar-refractivity contribution in [2.75, 3.05) is 0 Å². The maximum absolute atomic E-state index is 2.44. The first kappa shape index (κ1) is 35.2. The summed E-state index contributed by atoms with van der Waals surface area (Å²) >= 11 is 0. The van der Waals surface area contributed by atoms with Crippen LogP contribution in [0.4, 0.5) is 0 Å². The van der Waals surface area contributed by atoms with Crippen molar-refractivity contribution in [1.82, 2.24) is 0 Å². The van der Waals surface area contributed by atoms with Crippen molar-refractivity contribution < 1.29 is 0 Å². The summed E-state index contributed by atoms with van der Waals surface area (Å²) in [5.74, 6) is 0. The number of benzene rings is 9. The highest BCUT2D eigenvalue weighted by atomic mass is 14.5. The SMILES string of the molecule is CC=CC1=C(C)c2ccccc2C12c1ccccc1-c1cc(-c3cccc(-c4cccc(-c5ccc6c(c5)-c5ccccc5C65c6ccccc6-c6ccccc65)c4)c3)ccc12. The van der Waals surface area contributed by atoms with Gasteiger partial charge in [0.15, 0.2) is 0 Å². The van der Waals surface area contributed by atoms with Gasteiger partial charge < -0.3 is 0 Å². The molecule has 9 aromatic carbocycles. The summed E-state index contributed by atoms with van der Waals surface area (Å²) < 4.78 is 0. The van der Waals surface area contributed by atoms with Crippen LogP contribution in [0.3, 0.4) is 0 Å². The summed E-state index contributed by atoms with van der Waals surface area (Å²) in [5.41, 5.74) is 28.3. The minimum absolute atomic E-state index is 0.327. The average molecular weight is 787 g/mol. The van der Waals surface area contributed by atoms with E-state index in [4.69, 9.17) is 0 Å². The van der Waals surface area contributed by atoms with E-state index in [9.17, 15) is 0 Å². The Morgan fingerprint density at radius 1 is 0.290 bits per heavy atom. The van der Waals surface area contributed by atoms with E-state index in [1.807, 2.05) is 0 Å². The van der Waals surface area contributed by atoms with Crippen LogP contribution in [0.25, 0.3) is 72.3 Å². The van der Waals surface area contributed by atoms with Gasteiger partial charge in [-0.25, -0.2) is 0 Å². The maximum atomic E-state index is 2.44. The van der Waals surface area contributed by atoms with Gasteiger partial charge in [0.2, 0.25) is 0 Å². The number of hydrogen-bond acceptors (Lipinski definition) is 0. The van der Waals surface area contributed by atoms with Crippen LogP contribution in [-0.2, 0) is 10.8 Å². The first-order valence-electron chi connectivity index (χ1n) is 22.0. The number of allylic oxidation sites excluding steroid dienone is 4. The molecule has 0 bridgehead atoms. The normalized spacial score (nSPS) is 16.6. The highest BCUT2D eigenvalue weighted by molar-refractivity contribution is 5.98. The molecule has 62 heavy (non-hydrogen) atoms. The molecule has 4 aliphatic carbocycles. The van der Waals surface area contributed by atoms with Crippen molar-refractivity contribution in [2.45, 2.75) is 24.7 Å². The Bertz CT molecular complexity index is 3400. The second kappa shape index (κ2) is 13.0. The quantitative estimate of drug-likeness (QED) is 0.167. The molecule has 9 aromatic rings. The first-order chi connectivity index (χ1) is 30.6. The number of rotatable bonds is 4. The highest BCUT2D eigenvalue weighted by Crippen LogP contribution is 2.64. The molecule has 13 rings (SSSR count). The Balaban J connectivity index is 0.900. The van der Waals surface area contributed by atoms with E-state index in [1.165, 1.54) is 122 Å². The average Bonchev–Trinajstić information content (AvgIpc) is 4.00. The molecular weight excluding hydrogens is 745 g/mol. The van der Waals surface area contributed by atoms with Gasteiger partial charge >= 0.3 is 0 Å². The Morgan fingerprint density at radius 3 is 1.05 bits per heavy atom. The van der Waals surface area contributed by atoms with Gasteiger partial charge in [-0.2, -0.15) is 0 Å². The largest absolute Gasteiger partial charge is 0.0873 e. The fourth-order valence-electron chi connectivity index (χ4n) is 12.2. The van der Waals surface area contributed by atoms with Gasteiger partial charge in [-0.3, -0.25) is 0 Å². The van der Waals surface area contributed by atoms with Gasteiger partial charge in [-0.15, -0.1) is 0 Å². The zero-order valence-corrected chi connectivity index (χ0v) is 34.8. The Hall–Kier alpha value is -7.54. The van der Waals surface area contributed by atoms with Crippen molar-refractivity contribution >= 4 is 5.57 Å². The molecule has 290 valence electrons.